The molecular weight excluding hydrogens is 1020 g/mol. The molecule has 1 aliphatic carbocycles. The number of nitrogens with zero attached hydrogens (tertiary/aromatic N) is 4. The Labute approximate surface area is 472 Å². The van der Waals surface area contributed by atoms with Crippen LogP contribution in [0.5, 0.6) is 0 Å². The zero-order valence-corrected chi connectivity index (χ0v) is 48.7. The van der Waals surface area contributed by atoms with Gasteiger partial charge in [-0.1, -0.05) is 90.4 Å². The van der Waals surface area contributed by atoms with Crippen molar-refractivity contribution in [3.05, 3.63) is 77.9 Å². The Bertz CT molecular complexity index is 2440. The fraction of sp³-hybridized carbons (Fsp3) is 0.633. The second-order valence-electron chi connectivity index (χ2n) is 22.4. The molecule has 20 nitrogen and oxygen atoms in total. The first-order valence-electron chi connectivity index (χ1n) is 28.6. The molecule has 2 aromatic carbocycles. The predicted molar refractivity (Wildman–Crippen MR) is 301 cm³/mol. The largest absolute Gasteiger partial charge is 0.379 e. The number of likely N-dealkylation sites (tertiary alicyclic amines) is 2. The molecule has 6 rings (SSSR count). The van der Waals surface area contributed by atoms with Crippen molar-refractivity contribution in [2.75, 3.05) is 73.1 Å². The van der Waals surface area contributed by atoms with E-state index in [9.17, 15) is 38.4 Å². The first-order chi connectivity index (χ1) is 38.3. The molecule has 2 aromatic rings. The van der Waals surface area contributed by atoms with Crippen molar-refractivity contribution >= 4 is 52.9 Å². The van der Waals surface area contributed by atoms with E-state index >= 15 is 0 Å². The Balaban J connectivity index is 1.02. The van der Waals surface area contributed by atoms with E-state index in [4.69, 9.17) is 18.9 Å². The second kappa shape index (κ2) is 30.1. The number of carbonyl (C=O) groups is 8. The normalized spacial score (nSPS) is 22.4. The number of carbonyl (C=O) groups excluding carboxylic acids is 8. The van der Waals surface area contributed by atoms with Gasteiger partial charge in [-0.2, -0.15) is 0 Å². The van der Waals surface area contributed by atoms with Gasteiger partial charge in [-0.3, -0.25) is 48.2 Å². The number of methoxy groups -OCH3 is 2. The molecule has 20 heteroatoms. The highest BCUT2D eigenvalue weighted by molar-refractivity contribution is 6.12. The highest BCUT2D eigenvalue weighted by Crippen LogP contribution is 2.46. The summed E-state index contributed by atoms with van der Waals surface area (Å²) in [6.45, 7) is 13.6. The molecule has 0 aromatic heterocycles. The lowest BCUT2D eigenvalue weighted by Gasteiger charge is -2.41. The van der Waals surface area contributed by atoms with Crippen LogP contribution in [0.15, 0.2) is 66.7 Å². The van der Waals surface area contributed by atoms with E-state index in [0.717, 1.165) is 28.9 Å². The third-order valence-electron chi connectivity index (χ3n) is 17.0. The summed E-state index contributed by atoms with van der Waals surface area (Å²) in [5.41, 5.74) is 2.12. The Morgan fingerprint density at radius 1 is 0.800 bits per heavy atom. The number of rotatable bonds is 31. The van der Waals surface area contributed by atoms with Crippen LogP contribution in [0.1, 0.15) is 97.6 Å². The van der Waals surface area contributed by atoms with Gasteiger partial charge < -0.3 is 50.0 Å². The first kappa shape index (κ1) is 63.1. The van der Waals surface area contributed by atoms with Crippen LogP contribution in [0, 0.1) is 29.6 Å². The molecule has 0 spiro atoms. The minimum atomic E-state index is -0.978. The van der Waals surface area contributed by atoms with Crippen molar-refractivity contribution in [1.29, 1.82) is 0 Å². The van der Waals surface area contributed by atoms with E-state index in [1.165, 1.54) is 19.3 Å². The van der Waals surface area contributed by atoms with Crippen LogP contribution in [0.4, 0.5) is 5.69 Å². The number of anilines is 1. The molecule has 1 saturated carbocycles. The Morgan fingerprint density at radius 3 is 2.09 bits per heavy atom. The van der Waals surface area contributed by atoms with E-state index < -0.39 is 54.1 Å². The number of imide groups is 1. The third kappa shape index (κ3) is 16.1. The molecule has 80 heavy (non-hydrogen) atoms. The summed E-state index contributed by atoms with van der Waals surface area (Å²) in [5.74, 6) is -2.69. The zero-order chi connectivity index (χ0) is 58.2. The van der Waals surface area contributed by atoms with Crippen LogP contribution in [0.3, 0.4) is 0 Å². The van der Waals surface area contributed by atoms with Crippen molar-refractivity contribution in [2.45, 2.75) is 148 Å². The van der Waals surface area contributed by atoms with Gasteiger partial charge in [-0.15, -0.1) is 0 Å². The van der Waals surface area contributed by atoms with E-state index in [1.807, 2.05) is 65.1 Å². The molecule has 3 fully saturated rings. The summed E-state index contributed by atoms with van der Waals surface area (Å²) in [6, 6.07) is 13.8. The maximum absolute atomic E-state index is 14.6. The number of fused-ring (bicyclic) bond motifs is 2. The number of piperidine rings is 1. The summed E-state index contributed by atoms with van der Waals surface area (Å²) in [4.78, 5) is 114. The lowest BCUT2D eigenvalue weighted by atomic mass is 9.89. The molecule has 3 aliphatic heterocycles. The maximum atomic E-state index is 14.6. The van der Waals surface area contributed by atoms with Gasteiger partial charge in [0.05, 0.1) is 75.6 Å². The van der Waals surface area contributed by atoms with Crippen molar-refractivity contribution in [1.82, 2.24) is 35.6 Å². The van der Waals surface area contributed by atoms with Gasteiger partial charge >= 0.3 is 0 Å². The molecule has 2 bridgehead atoms. The van der Waals surface area contributed by atoms with Gasteiger partial charge in [0, 0.05) is 71.1 Å². The summed E-state index contributed by atoms with van der Waals surface area (Å²) < 4.78 is 23.1. The molecule has 12 atom stereocenters. The molecule has 8 amide bonds. The van der Waals surface area contributed by atoms with Gasteiger partial charge in [0.1, 0.15) is 12.1 Å². The topological polar surface area (TPSA) is 235 Å². The second-order valence-corrected chi connectivity index (χ2v) is 22.4. The monoisotopic (exact) mass is 1110 g/mol. The average molecular weight is 1110 g/mol. The molecule has 2 saturated heterocycles. The Morgan fingerprint density at radius 2 is 1.48 bits per heavy atom. The van der Waals surface area contributed by atoms with Crippen molar-refractivity contribution < 1.29 is 57.3 Å². The number of hydrogen-bond acceptors (Lipinski definition) is 13. The smallest absolute Gasteiger partial charge is 0.253 e. The number of amides is 8. The summed E-state index contributed by atoms with van der Waals surface area (Å²) in [6.07, 6.45) is 5.42. The number of nitrogens with one attached hydrogen (secondary N) is 4. The lowest BCUT2D eigenvalue weighted by Crippen LogP contribution is -2.60. The molecule has 4 aliphatic rings. The Kier molecular flexibility index (Phi) is 23.8. The van der Waals surface area contributed by atoms with Gasteiger partial charge in [-0.25, -0.2) is 0 Å². The van der Waals surface area contributed by atoms with Gasteiger partial charge in [0.15, 0.2) is 0 Å². The van der Waals surface area contributed by atoms with E-state index in [1.54, 1.807) is 55.1 Å². The average Bonchev–Trinajstić information content (AvgIpc) is 4.26. The third-order valence-corrected chi connectivity index (χ3v) is 17.0. The molecule has 0 radical (unpaired) electrons. The number of hydrogen-bond donors (Lipinski definition) is 4. The molecule has 4 N–H and O–H groups in total. The maximum Gasteiger partial charge on any atom is 0.253 e. The van der Waals surface area contributed by atoms with Crippen LogP contribution in [-0.4, -0.2) is 183 Å². The van der Waals surface area contributed by atoms with Crippen LogP contribution in [0.2, 0.25) is 0 Å². The first-order valence-corrected chi connectivity index (χ1v) is 28.6. The van der Waals surface area contributed by atoms with Crippen LogP contribution in [0.25, 0.3) is 0 Å². The summed E-state index contributed by atoms with van der Waals surface area (Å²) >= 11 is 0. The van der Waals surface area contributed by atoms with Crippen molar-refractivity contribution in [3.8, 4) is 0 Å². The van der Waals surface area contributed by atoms with Crippen LogP contribution in [-0.2, 0) is 70.3 Å². The Hall–Kier alpha value is -6.06. The quantitative estimate of drug-likeness (QED) is 0.0616. The van der Waals surface area contributed by atoms with E-state index in [-0.39, 0.29) is 118 Å². The fourth-order valence-corrected chi connectivity index (χ4v) is 12.2. The zero-order valence-electron chi connectivity index (χ0n) is 48.7. The number of likely N-dealkylation sites (N-methyl/N-ethyl adjacent to an activating group) is 2. The highest BCUT2D eigenvalue weighted by Gasteiger charge is 2.53. The predicted octanol–water partition coefficient (Wildman–Crippen LogP) is 4.11. The molecule has 440 valence electrons. The number of ether oxygens (including phenoxy) is 4. The molecule has 3 heterocycles. The minimum absolute atomic E-state index is 0.0253. The highest BCUT2D eigenvalue weighted by atomic mass is 16.5. The standard InChI is InChI=1S/C60H88N8O12/c1-11-38(4)54(66(8)60(76)53(37(2)3)64-59(75)55-44-23-24-46(39(44)5)65(55)7)48(77-9)35-52(72)67-28-15-18-47(67)56(78-10)40(6)57(73)63-45(34-41-16-13-12-14-17-41)58(74)62-43-21-19-42(20-22-43)36-61-49(69)27-30-79-32-33-80-31-29-68-50(70)25-26-51(68)71/h12-14,16-17,19-22,25-26,37-40,44-48,53-56H,11,15,18,23-24,27-36H2,1-10H3,(H,61,69)(H,62,74)(H,63,73)(H,64,75)/t38-,39-,40+,44-,45-,46-,47-,48+,53-,54-,55-,56+/m0/s1. The molecule has 0 unspecified atom stereocenters. The van der Waals surface area contributed by atoms with Gasteiger partial charge in [-0.05, 0) is 79.7 Å². The van der Waals surface area contributed by atoms with Crippen molar-refractivity contribution in [2.24, 2.45) is 29.6 Å². The SMILES string of the molecule is CC[C@H](C)[C@@H]([C@@H](CC(=O)N1CCC[C@H]1[C@H](OC)[C@@H](C)C(=O)N[C@@H](Cc1ccccc1)C(=O)Nc1ccc(CNC(=O)CCOCCOCCN2C(=O)C=CC2=O)cc1)OC)N(C)C(=O)[C@@H](NC(=O)[C@@H]1[C@H]2CC[C@@H]([C@H]2C)N1C)C(C)C. The summed E-state index contributed by atoms with van der Waals surface area (Å²) in [7, 11) is 6.84. The van der Waals surface area contributed by atoms with Crippen LogP contribution < -0.4 is 21.3 Å². The minimum Gasteiger partial charge on any atom is -0.379 e. The van der Waals surface area contributed by atoms with E-state index in [0.29, 0.717) is 43.5 Å². The van der Waals surface area contributed by atoms with E-state index in [2.05, 4.69) is 33.1 Å². The van der Waals surface area contributed by atoms with Gasteiger partial charge in [0.2, 0.25) is 35.4 Å². The lowest BCUT2D eigenvalue weighted by molar-refractivity contribution is -0.148. The summed E-state index contributed by atoms with van der Waals surface area (Å²) in [5, 5.41) is 12.0. The van der Waals surface area contributed by atoms with Crippen LogP contribution >= 0.6 is 0 Å². The van der Waals surface area contributed by atoms with Crippen molar-refractivity contribution in [3.63, 3.8) is 0 Å². The fourth-order valence-electron chi connectivity index (χ4n) is 12.2. The van der Waals surface area contributed by atoms with Gasteiger partial charge in [0.25, 0.3) is 11.8 Å². The number of benzene rings is 2. The molecular formula is C60H88N8O12.